The number of nitrogens with one attached hydrogen (secondary N) is 1. The van der Waals surface area contributed by atoms with E-state index in [0.717, 1.165) is 38.5 Å². The first kappa shape index (κ1) is 36.3. The van der Waals surface area contributed by atoms with Gasteiger partial charge in [-0.2, -0.15) is 13.2 Å². The molecule has 0 amide bonds. The molecule has 0 unspecified atom stereocenters. The molecule has 4 bridgehead atoms. The highest BCUT2D eigenvalue weighted by Gasteiger charge is 2.77. The molecule has 8 aliphatic heterocycles. The van der Waals surface area contributed by atoms with Gasteiger partial charge >= 0.3 is 6.18 Å². The Morgan fingerprint density at radius 2 is 1.10 bits per heavy atom. The summed E-state index contributed by atoms with van der Waals surface area (Å²) in [5, 5.41) is 3.19. The number of halogens is 3. The summed E-state index contributed by atoms with van der Waals surface area (Å²) in [5.74, 6) is -6.48. The summed E-state index contributed by atoms with van der Waals surface area (Å²) in [6.07, 6.45) is -0.446. The largest absolute Gasteiger partial charge is 0.443 e. The van der Waals surface area contributed by atoms with Crippen LogP contribution in [-0.2, 0) is 48.0 Å². The maximum absolute atomic E-state index is 15.1. The molecule has 11 nitrogen and oxygen atoms in total. The minimum absolute atomic E-state index is 0.0212. The van der Waals surface area contributed by atoms with Gasteiger partial charge in [0.15, 0.2) is 29.6 Å². The van der Waals surface area contributed by atoms with Crippen molar-refractivity contribution in [3.05, 3.63) is 0 Å². The Labute approximate surface area is 293 Å². The molecule has 10 fully saturated rings. The lowest BCUT2D eigenvalue weighted by Crippen LogP contribution is -2.76. The van der Waals surface area contributed by atoms with Crippen LogP contribution in [-0.4, -0.2) is 79.4 Å². The average Bonchev–Trinajstić information content (AvgIpc) is 3.42. The van der Waals surface area contributed by atoms with Crippen molar-refractivity contribution in [1.29, 1.82) is 0 Å². The Morgan fingerprint density at radius 1 is 0.600 bits per heavy atom. The van der Waals surface area contributed by atoms with Gasteiger partial charge in [0, 0.05) is 49.6 Å². The van der Waals surface area contributed by atoms with Gasteiger partial charge in [-0.15, -0.1) is 0 Å². The number of ether oxygens (including phenoxy) is 6. The quantitative estimate of drug-likeness (QED) is 0.224. The molecule has 0 aromatic carbocycles. The van der Waals surface area contributed by atoms with E-state index in [9.17, 15) is 0 Å². The van der Waals surface area contributed by atoms with Crippen molar-refractivity contribution >= 4 is 0 Å². The number of hydrogen-bond donors (Lipinski definition) is 1. The van der Waals surface area contributed by atoms with Gasteiger partial charge in [-0.3, -0.25) is 0 Å². The first-order valence-corrected chi connectivity index (χ1v) is 19.0. The van der Waals surface area contributed by atoms with Gasteiger partial charge in [0.2, 0.25) is 11.6 Å². The topological polar surface area (TPSA) is 104 Å². The minimum Gasteiger partial charge on any atom is -0.348 e. The molecule has 8 heterocycles. The van der Waals surface area contributed by atoms with E-state index in [1.54, 1.807) is 13.8 Å². The van der Waals surface area contributed by atoms with E-state index in [0.29, 0.717) is 25.3 Å². The van der Waals surface area contributed by atoms with E-state index in [1.165, 1.54) is 0 Å². The predicted molar refractivity (Wildman–Crippen MR) is 168 cm³/mol. The lowest BCUT2D eigenvalue weighted by Gasteiger charge is -2.62. The molecule has 10 rings (SSSR count). The highest BCUT2D eigenvalue weighted by Crippen LogP contribution is 2.65. The molecule has 0 radical (unpaired) electrons. The molecule has 1 N–H and O–H groups in total. The summed E-state index contributed by atoms with van der Waals surface area (Å²) in [5.41, 5.74) is -1.81. The molecule has 2 saturated carbocycles. The molecule has 50 heavy (non-hydrogen) atoms. The van der Waals surface area contributed by atoms with Crippen LogP contribution in [0.1, 0.15) is 99.8 Å². The third-order valence-electron chi connectivity index (χ3n) is 14.5. The molecular formula is C36H56F3NO10. The van der Waals surface area contributed by atoms with Crippen LogP contribution < -0.4 is 5.32 Å². The van der Waals surface area contributed by atoms with E-state index in [4.69, 9.17) is 48.0 Å². The molecule has 2 spiro atoms. The molecule has 14 heteroatoms. The molecule has 0 aromatic rings. The smallest absolute Gasteiger partial charge is 0.348 e. The van der Waals surface area contributed by atoms with Crippen molar-refractivity contribution in [2.45, 2.75) is 153 Å². The van der Waals surface area contributed by atoms with Crippen LogP contribution >= 0.6 is 0 Å². The Hall–Kier alpha value is -0.650. The van der Waals surface area contributed by atoms with Crippen LogP contribution in [0.3, 0.4) is 0 Å². The zero-order chi connectivity index (χ0) is 35.5. The third-order valence-corrected chi connectivity index (χ3v) is 14.5. The van der Waals surface area contributed by atoms with Crippen molar-refractivity contribution in [3.63, 3.8) is 0 Å². The second-order valence-corrected chi connectivity index (χ2v) is 17.3. The predicted octanol–water partition coefficient (Wildman–Crippen LogP) is 6.35. The second-order valence-electron chi connectivity index (χ2n) is 17.3. The summed E-state index contributed by atoms with van der Waals surface area (Å²) in [6.45, 7) is 14.2. The lowest BCUT2D eigenvalue weighted by atomic mass is 9.57. The molecular weight excluding hydrogens is 663 g/mol. The van der Waals surface area contributed by atoms with Crippen LogP contribution in [0, 0.1) is 47.3 Å². The normalized spacial score (nSPS) is 55.6. The highest BCUT2D eigenvalue weighted by atomic mass is 19.4. The van der Waals surface area contributed by atoms with E-state index >= 15 is 13.2 Å². The van der Waals surface area contributed by atoms with Crippen LogP contribution in [0.15, 0.2) is 0 Å². The summed E-state index contributed by atoms with van der Waals surface area (Å²) >= 11 is 0. The van der Waals surface area contributed by atoms with Gasteiger partial charge in [-0.1, -0.05) is 27.7 Å². The number of hydrogen-bond acceptors (Lipinski definition) is 11. The van der Waals surface area contributed by atoms with Crippen molar-refractivity contribution in [2.75, 3.05) is 26.3 Å². The maximum atomic E-state index is 15.1. The fourth-order valence-corrected chi connectivity index (χ4v) is 11.5. The van der Waals surface area contributed by atoms with Crippen LogP contribution in [0.2, 0.25) is 0 Å². The van der Waals surface area contributed by atoms with Crippen molar-refractivity contribution in [2.24, 2.45) is 47.3 Å². The number of fused-ring (bicyclic) bond motifs is 4. The van der Waals surface area contributed by atoms with Crippen LogP contribution in [0.5, 0.6) is 0 Å². The Bertz CT molecular complexity index is 1300. The number of alkyl halides is 3. The summed E-state index contributed by atoms with van der Waals surface area (Å²) in [7, 11) is 0. The zero-order valence-electron chi connectivity index (χ0n) is 30.5. The third kappa shape index (κ3) is 5.16. The fourth-order valence-electron chi connectivity index (χ4n) is 11.5. The van der Waals surface area contributed by atoms with Gasteiger partial charge in [0.1, 0.15) is 0 Å². The molecule has 16 atom stereocenters. The Balaban J connectivity index is 0.901. The summed E-state index contributed by atoms with van der Waals surface area (Å²) in [6, 6.07) is 0. The Morgan fingerprint density at radius 3 is 1.64 bits per heavy atom. The van der Waals surface area contributed by atoms with E-state index in [2.05, 4.69) is 26.1 Å². The van der Waals surface area contributed by atoms with Gasteiger partial charge < -0.3 is 33.7 Å². The van der Waals surface area contributed by atoms with Crippen molar-refractivity contribution in [3.8, 4) is 0 Å². The molecule has 10 aliphatic rings. The standard InChI is InChI=1S/C36H56F3NO10/c1-20-8-10-26-22(3)32(7,45-28-33(26)24(20)12-14-30(5,43-28)47-49-33)41-18-16-40-17-19-42-35(36(37,38)39)23(4)27-11-9-21(2)25-13-15-31(6)44-29(46-35)34(25,27)50-48-31/h20-29,40H,8-19H2,1-7H3/t20-,21-,22-,23-,24+,25+,26+,27+,28+,29+,30-,31+,32+,33-,34-,35-/m1/s1. The summed E-state index contributed by atoms with van der Waals surface area (Å²) < 4.78 is 82.9. The van der Waals surface area contributed by atoms with Gasteiger partial charge in [-0.25, -0.2) is 19.6 Å². The van der Waals surface area contributed by atoms with Crippen molar-refractivity contribution in [1.82, 2.24) is 5.32 Å². The average molecular weight is 720 g/mol. The first-order chi connectivity index (χ1) is 23.5. The lowest BCUT2D eigenvalue weighted by molar-refractivity contribution is -0.598. The Kier molecular flexibility index (Phi) is 8.85. The SMILES string of the molecule is C[C@@H]1CC[C@H]2[C@@H](C)[C@@](C)(OCCNCCO[C@@]3(C(F)(F)F)O[C@@H]4O[C@]5(C)CC[C@H]6[C@H](C)CC[C@@H]([C@H]3C)[C@@]46OO5)O[C@@H]3O[C@@]4(C)CC[C@@H]1[C@]32OO4. The fraction of sp³-hybridized carbons (Fsp3) is 1.00. The highest BCUT2D eigenvalue weighted by molar-refractivity contribution is 5.13. The van der Waals surface area contributed by atoms with Crippen LogP contribution in [0.4, 0.5) is 13.2 Å². The monoisotopic (exact) mass is 719 g/mol. The van der Waals surface area contributed by atoms with Gasteiger partial charge in [0.05, 0.1) is 13.2 Å². The molecule has 286 valence electrons. The van der Waals surface area contributed by atoms with Crippen LogP contribution in [0.25, 0.3) is 0 Å². The van der Waals surface area contributed by atoms with E-state index < -0.39 is 64.9 Å². The first-order valence-electron chi connectivity index (χ1n) is 19.0. The van der Waals surface area contributed by atoms with Gasteiger partial charge in [0.25, 0.3) is 5.79 Å². The van der Waals surface area contributed by atoms with E-state index in [-0.39, 0.29) is 49.3 Å². The summed E-state index contributed by atoms with van der Waals surface area (Å²) in [4.78, 5) is 24.0. The molecule has 8 saturated heterocycles. The van der Waals surface area contributed by atoms with E-state index in [1.807, 2.05) is 13.8 Å². The number of rotatable bonds is 8. The molecule has 2 aliphatic carbocycles. The zero-order valence-corrected chi connectivity index (χ0v) is 30.5. The minimum atomic E-state index is -4.81. The maximum Gasteiger partial charge on any atom is 0.443 e. The second kappa shape index (κ2) is 12.2. The van der Waals surface area contributed by atoms with Gasteiger partial charge in [-0.05, 0) is 83.0 Å². The van der Waals surface area contributed by atoms with Crippen molar-refractivity contribution < 1.29 is 61.1 Å². The molecule has 0 aromatic heterocycles.